The number of hydrogen-bond acceptors (Lipinski definition) is 2. The predicted octanol–water partition coefficient (Wildman–Crippen LogP) is 3.22. The molecule has 0 aromatic heterocycles. The SMILES string of the molecule is CC(C)(CCCN1CCC(c2ccccc2)C1)C(=N)N. The van der Waals surface area contributed by atoms with Crippen LogP contribution in [0.5, 0.6) is 0 Å². The van der Waals surface area contributed by atoms with Crippen LogP contribution in [0.2, 0.25) is 0 Å². The van der Waals surface area contributed by atoms with E-state index in [2.05, 4.69) is 49.1 Å². The monoisotopic (exact) mass is 273 g/mol. The van der Waals surface area contributed by atoms with Crippen molar-refractivity contribution in [3.05, 3.63) is 35.9 Å². The van der Waals surface area contributed by atoms with Crippen molar-refractivity contribution in [2.24, 2.45) is 11.1 Å². The molecule has 0 aliphatic carbocycles. The zero-order valence-electron chi connectivity index (χ0n) is 12.7. The van der Waals surface area contributed by atoms with Crippen molar-refractivity contribution in [1.82, 2.24) is 4.90 Å². The molecule has 3 heteroatoms. The number of amidine groups is 1. The van der Waals surface area contributed by atoms with Crippen LogP contribution in [0, 0.1) is 10.8 Å². The first kappa shape index (κ1) is 15.0. The average molecular weight is 273 g/mol. The fraction of sp³-hybridized carbons (Fsp3) is 0.588. The minimum atomic E-state index is -0.154. The van der Waals surface area contributed by atoms with Gasteiger partial charge in [-0.05, 0) is 43.8 Å². The van der Waals surface area contributed by atoms with E-state index in [1.54, 1.807) is 0 Å². The Morgan fingerprint density at radius 1 is 1.35 bits per heavy atom. The molecule has 2 rings (SSSR count). The van der Waals surface area contributed by atoms with Gasteiger partial charge in [0.15, 0.2) is 0 Å². The lowest BCUT2D eigenvalue weighted by molar-refractivity contribution is 0.306. The highest BCUT2D eigenvalue weighted by atomic mass is 15.1. The van der Waals surface area contributed by atoms with Gasteiger partial charge in [-0.25, -0.2) is 0 Å². The van der Waals surface area contributed by atoms with E-state index < -0.39 is 0 Å². The second kappa shape index (κ2) is 6.40. The van der Waals surface area contributed by atoms with Crippen LogP contribution in [0.25, 0.3) is 0 Å². The smallest absolute Gasteiger partial charge is 0.0963 e. The van der Waals surface area contributed by atoms with Crippen LogP contribution in [0.3, 0.4) is 0 Å². The molecule has 1 fully saturated rings. The third-order valence-electron chi connectivity index (χ3n) is 4.55. The summed E-state index contributed by atoms with van der Waals surface area (Å²) in [6.45, 7) is 7.61. The number of nitrogens with one attached hydrogen (secondary N) is 1. The summed E-state index contributed by atoms with van der Waals surface area (Å²) in [6, 6.07) is 10.8. The highest BCUT2D eigenvalue weighted by molar-refractivity contribution is 5.82. The topological polar surface area (TPSA) is 53.1 Å². The largest absolute Gasteiger partial charge is 0.387 e. The number of rotatable bonds is 6. The van der Waals surface area contributed by atoms with E-state index >= 15 is 0 Å². The van der Waals surface area contributed by atoms with E-state index in [0.717, 1.165) is 19.4 Å². The molecule has 3 N–H and O–H groups in total. The van der Waals surface area contributed by atoms with Crippen LogP contribution in [0.1, 0.15) is 44.6 Å². The van der Waals surface area contributed by atoms with E-state index in [9.17, 15) is 0 Å². The molecule has 1 atom stereocenters. The van der Waals surface area contributed by atoms with Gasteiger partial charge in [0.05, 0.1) is 5.84 Å². The molecule has 110 valence electrons. The van der Waals surface area contributed by atoms with Gasteiger partial charge in [0.25, 0.3) is 0 Å². The minimum absolute atomic E-state index is 0.154. The Morgan fingerprint density at radius 3 is 2.70 bits per heavy atom. The fourth-order valence-corrected chi connectivity index (χ4v) is 2.91. The molecule has 0 saturated carbocycles. The van der Waals surface area contributed by atoms with Crippen molar-refractivity contribution >= 4 is 5.84 Å². The Morgan fingerprint density at radius 2 is 2.05 bits per heavy atom. The molecular formula is C17H27N3. The zero-order chi connectivity index (χ0) is 14.6. The van der Waals surface area contributed by atoms with Crippen LogP contribution in [-0.2, 0) is 0 Å². The van der Waals surface area contributed by atoms with E-state index in [1.165, 1.54) is 25.1 Å². The molecule has 1 saturated heterocycles. The van der Waals surface area contributed by atoms with E-state index in [0.29, 0.717) is 11.8 Å². The molecule has 0 bridgehead atoms. The number of nitrogens with zero attached hydrogens (tertiary/aromatic N) is 1. The summed E-state index contributed by atoms with van der Waals surface area (Å²) in [5.74, 6) is 0.998. The lowest BCUT2D eigenvalue weighted by Gasteiger charge is -2.24. The number of hydrogen-bond donors (Lipinski definition) is 2. The molecule has 1 aromatic rings. The van der Waals surface area contributed by atoms with Gasteiger partial charge < -0.3 is 10.6 Å². The van der Waals surface area contributed by atoms with Gasteiger partial charge in [0.1, 0.15) is 0 Å². The van der Waals surface area contributed by atoms with Crippen molar-refractivity contribution in [3.63, 3.8) is 0 Å². The molecule has 1 aliphatic rings. The third-order valence-corrected chi connectivity index (χ3v) is 4.55. The summed E-state index contributed by atoms with van der Waals surface area (Å²) >= 11 is 0. The van der Waals surface area contributed by atoms with Crippen LogP contribution in [0.4, 0.5) is 0 Å². The predicted molar refractivity (Wildman–Crippen MR) is 85.2 cm³/mol. The van der Waals surface area contributed by atoms with Gasteiger partial charge in [-0.1, -0.05) is 44.2 Å². The fourth-order valence-electron chi connectivity index (χ4n) is 2.91. The molecule has 1 aliphatic heterocycles. The van der Waals surface area contributed by atoms with Crippen LogP contribution in [0.15, 0.2) is 30.3 Å². The van der Waals surface area contributed by atoms with Gasteiger partial charge in [0.2, 0.25) is 0 Å². The number of nitrogens with two attached hydrogens (primary N) is 1. The Hall–Kier alpha value is -1.35. The summed E-state index contributed by atoms with van der Waals surface area (Å²) in [4.78, 5) is 2.55. The summed E-state index contributed by atoms with van der Waals surface area (Å²) < 4.78 is 0. The molecule has 1 heterocycles. The zero-order valence-corrected chi connectivity index (χ0v) is 12.7. The molecule has 1 unspecified atom stereocenters. The molecule has 20 heavy (non-hydrogen) atoms. The van der Waals surface area contributed by atoms with Crippen molar-refractivity contribution in [1.29, 1.82) is 5.41 Å². The van der Waals surface area contributed by atoms with Crippen LogP contribution >= 0.6 is 0 Å². The van der Waals surface area contributed by atoms with E-state index in [4.69, 9.17) is 11.1 Å². The van der Waals surface area contributed by atoms with E-state index in [-0.39, 0.29) is 5.41 Å². The number of likely N-dealkylation sites (tertiary alicyclic amines) is 1. The second-order valence-corrected chi connectivity index (χ2v) is 6.60. The van der Waals surface area contributed by atoms with Crippen molar-refractivity contribution in [2.45, 2.75) is 39.0 Å². The van der Waals surface area contributed by atoms with Gasteiger partial charge in [-0.2, -0.15) is 0 Å². The summed E-state index contributed by atoms with van der Waals surface area (Å²) in [5, 5.41) is 7.59. The molecule has 0 radical (unpaired) electrons. The van der Waals surface area contributed by atoms with Crippen LogP contribution in [-0.4, -0.2) is 30.4 Å². The molecule has 0 amide bonds. The highest BCUT2D eigenvalue weighted by Crippen LogP contribution is 2.28. The Kier molecular flexibility index (Phi) is 4.81. The first-order valence-corrected chi connectivity index (χ1v) is 7.61. The lowest BCUT2D eigenvalue weighted by Crippen LogP contribution is -2.32. The highest BCUT2D eigenvalue weighted by Gasteiger charge is 2.25. The quantitative estimate of drug-likeness (QED) is 0.617. The maximum Gasteiger partial charge on any atom is 0.0963 e. The van der Waals surface area contributed by atoms with Gasteiger partial charge in [-0.3, -0.25) is 5.41 Å². The van der Waals surface area contributed by atoms with Crippen molar-refractivity contribution in [3.8, 4) is 0 Å². The van der Waals surface area contributed by atoms with Crippen molar-refractivity contribution in [2.75, 3.05) is 19.6 Å². The standard InChI is InChI=1S/C17H27N3/c1-17(2,16(18)19)10-6-11-20-12-9-15(13-20)14-7-4-3-5-8-14/h3-5,7-8,15H,6,9-13H2,1-2H3,(H3,18,19). The van der Waals surface area contributed by atoms with Crippen LogP contribution < -0.4 is 5.73 Å². The molecule has 0 spiro atoms. The van der Waals surface area contributed by atoms with E-state index in [1.807, 2.05) is 0 Å². The summed E-state index contributed by atoms with van der Waals surface area (Å²) in [6.07, 6.45) is 3.38. The van der Waals surface area contributed by atoms with Gasteiger partial charge in [0, 0.05) is 12.0 Å². The molecular weight excluding hydrogens is 246 g/mol. The Bertz CT molecular complexity index is 439. The first-order chi connectivity index (χ1) is 9.49. The first-order valence-electron chi connectivity index (χ1n) is 7.61. The summed E-state index contributed by atoms with van der Waals surface area (Å²) in [5.41, 5.74) is 6.95. The van der Waals surface area contributed by atoms with Gasteiger partial charge >= 0.3 is 0 Å². The maximum absolute atomic E-state index is 7.59. The number of benzene rings is 1. The Labute approximate surface area is 122 Å². The van der Waals surface area contributed by atoms with Crippen molar-refractivity contribution < 1.29 is 0 Å². The third kappa shape index (κ3) is 3.83. The maximum atomic E-state index is 7.59. The average Bonchev–Trinajstić information content (AvgIpc) is 2.88. The summed E-state index contributed by atoms with van der Waals surface area (Å²) in [7, 11) is 0. The molecule has 1 aromatic carbocycles. The Balaban J connectivity index is 1.76. The van der Waals surface area contributed by atoms with Gasteiger partial charge in [-0.15, -0.1) is 0 Å². The molecule has 3 nitrogen and oxygen atoms in total. The lowest BCUT2D eigenvalue weighted by atomic mass is 9.86. The normalized spacial score (nSPS) is 20.2. The minimum Gasteiger partial charge on any atom is -0.387 e. The second-order valence-electron chi connectivity index (χ2n) is 6.60.